The van der Waals surface area contributed by atoms with Crippen molar-refractivity contribution in [2.45, 2.75) is 103 Å². The van der Waals surface area contributed by atoms with Gasteiger partial charge in [-0.05, 0) is 6.42 Å². The highest BCUT2D eigenvalue weighted by Crippen LogP contribution is 2.11. The molecule has 6 N–H and O–H groups in total. The van der Waals surface area contributed by atoms with Crippen LogP contribution < -0.4 is 0 Å². The van der Waals surface area contributed by atoms with E-state index in [1.807, 2.05) is 0 Å². The zero-order chi connectivity index (χ0) is 23.6. The van der Waals surface area contributed by atoms with E-state index in [0.717, 1.165) is 12.8 Å². The van der Waals surface area contributed by atoms with E-state index >= 15 is 0 Å². The molecule has 0 aromatic carbocycles. The zero-order valence-corrected chi connectivity index (χ0v) is 18.3. The van der Waals surface area contributed by atoms with Crippen LogP contribution in [-0.2, 0) is 14.4 Å². The number of hydrogen-bond donors (Lipinski definition) is 6. The number of carbonyl (C=O) groups is 3. The SMILES string of the molecule is CCCCCCCCCCCCCC(=O)O.O=C(O)CCC(=O)O.OCC(O)CO. The number of aliphatic hydroxyl groups is 3. The summed E-state index contributed by atoms with van der Waals surface area (Å²) in [5.74, 6) is -2.81. The Morgan fingerprint density at radius 2 is 0.867 bits per heavy atom. The zero-order valence-electron chi connectivity index (χ0n) is 18.3. The Balaban J connectivity index is -0.000000431. The first-order valence-electron chi connectivity index (χ1n) is 10.8. The molecule has 0 fully saturated rings. The van der Waals surface area contributed by atoms with Gasteiger partial charge in [0.05, 0.1) is 26.1 Å². The molecule has 0 amide bonds. The van der Waals surface area contributed by atoms with Gasteiger partial charge in [0.25, 0.3) is 0 Å². The molecule has 0 saturated heterocycles. The van der Waals surface area contributed by atoms with Crippen LogP contribution in [0.4, 0.5) is 0 Å². The van der Waals surface area contributed by atoms with Crippen molar-refractivity contribution in [1.29, 1.82) is 0 Å². The van der Waals surface area contributed by atoms with Gasteiger partial charge in [0.2, 0.25) is 0 Å². The summed E-state index contributed by atoms with van der Waals surface area (Å²) in [6.07, 6.45) is 12.8. The molecule has 9 heteroatoms. The number of aliphatic hydroxyl groups excluding tert-OH is 3. The van der Waals surface area contributed by atoms with Crippen LogP contribution in [0.3, 0.4) is 0 Å². The van der Waals surface area contributed by atoms with Crippen molar-refractivity contribution in [3.63, 3.8) is 0 Å². The molecule has 0 aliphatic carbocycles. The normalized spacial score (nSPS) is 9.90. The monoisotopic (exact) mass is 438 g/mol. The molecular formula is C21H42O9. The predicted octanol–water partition coefficient (Wildman–Crippen LogP) is 3.04. The molecule has 0 spiro atoms. The molecule has 0 unspecified atom stereocenters. The lowest BCUT2D eigenvalue weighted by molar-refractivity contribution is -0.143. The third-order valence-electron chi connectivity index (χ3n) is 3.97. The highest BCUT2D eigenvalue weighted by atomic mass is 16.4. The molecule has 0 aliphatic rings. The summed E-state index contributed by atoms with van der Waals surface area (Å²) < 4.78 is 0. The van der Waals surface area contributed by atoms with Gasteiger partial charge in [-0.25, -0.2) is 0 Å². The predicted molar refractivity (Wildman–Crippen MR) is 113 cm³/mol. The maximum Gasteiger partial charge on any atom is 0.303 e. The van der Waals surface area contributed by atoms with E-state index in [0.29, 0.717) is 6.42 Å². The Bertz CT molecular complexity index is 382. The van der Waals surface area contributed by atoms with Crippen LogP contribution >= 0.6 is 0 Å². The lowest BCUT2D eigenvalue weighted by atomic mass is 10.1. The third-order valence-corrected chi connectivity index (χ3v) is 3.97. The van der Waals surface area contributed by atoms with Gasteiger partial charge in [0.15, 0.2) is 0 Å². The van der Waals surface area contributed by atoms with E-state index in [4.69, 9.17) is 30.6 Å². The molecule has 0 aromatic rings. The van der Waals surface area contributed by atoms with Gasteiger partial charge < -0.3 is 30.6 Å². The number of aliphatic carboxylic acids is 3. The van der Waals surface area contributed by atoms with Gasteiger partial charge in [-0.15, -0.1) is 0 Å². The highest BCUT2D eigenvalue weighted by Gasteiger charge is 2.00. The van der Waals surface area contributed by atoms with E-state index < -0.39 is 24.0 Å². The van der Waals surface area contributed by atoms with Crippen molar-refractivity contribution < 1.29 is 45.0 Å². The average molecular weight is 439 g/mol. The Morgan fingerprint density at radius 3 is 1.10 bits per heavy atom. The number of hydrogen-bond acceptors (Lipinski definition) is 6. The van der Waals surface area contributed by atoms with Crippen LogP contribution in [0.15, 0.2) is 0 Å². The minimum absolute atomic E-state index is 0.296. The molecule has 0 radical (unpaired) electrons. The summed E-state index contributed by atoms with van der Waals surface area (Å²) >= 11 is 0. The second kappa shape index (κ2) is 27.3. The Morgan fingerprint density at radius 1 is 0.567 bits per heavy atom. The Hall–Kier alpha value is -1.71. The van der Waals surface area contributed by atoms with Crippen molar-refractivity contribution in [2.75, 3.05) is 13.2 Å². The second-order valence-electron chi connectivity index (χ2n) is 6.99. The molecule has 0 aliphatic heterocycles. The average Bonchev–Trinajstić information content (AvgIpc) is 2.70. The van der Waals surface area contributed by atoms with Crippen LogP contribution in [0.25, 0.3) is 0 Å². The lowest BCUT2D eigenvalue weighted by Gasteiger charge is -2.01. The van der Waals surface area contributed by atoms with Crippen LogP contribution in [0.1, 0.15) is 96.8 Å². The molecule has 30 heavy (non-hydrogen) atoms. The van der Waals surface area contributed by atoms with Crippen LogP contribution in [0, 0.1) is 0 Å². The summed E-state index contributed by atoms with van der Waals surface area (Å²) in [5.41, 5.74) is 0. The Labute approximate surface area is 179 Å². The Kier molecular flexibility index (Phi) is 30.0. The first-order chi connectivity index (χ1) is 14.2. The number of carboxylic acids is 3. The van der Waals surface area contributed by atoms with Crippen molar-refractivity contribution in [1.82, 2.24) is 0 Å². The van der Waals surface area contributed by atoms with Crippen molar-refractivity contribution in [3.8, 4) is 0 Å². The highest BCUT2D eigenvalue weighted by molar-refractivity contribution is 5.75. The minimum atomic E-state index is -1.08. The number of rotatable bonds is 17. The van der Waals surface area contributed by atoms with E-state index in [2.05, 4.69) is 6.92 Å². The van der Waals surface area contributed by atoms with E-state index in [1.165, 1.54) is 57.8 Å². The van der Waals surface area contributed by atoms with Crippen molar-refractivity contribution >= 4 is 17.9 Å². The van der Waals surface area contributed by atoms with Gasteiger partial charge in [0, 0.05) is 6.42 Å². The first kappa shape index (κ1) is 32.9. The molecular weight excluding hydrogens is 396 g/mol. The fourth-order valence-electron chi connectivity index (χ4n) is 2.21. The summed E-state index contributed by atoms with van der Waals surface area (Å²) in [6, 6.07) is 0. The van der Waals surface area contributed by atoms with Crippen LogP contribution in [-0.4, -0.2) is 67.9 Å². The lowest BCUT2D eigenvalue weighted by Crippen LogP contribution is -2.15. The fraction of sp³-hybridized carbons (Fsp3) is 0.857. The van der Waals surface area contributed by atoms with Gasteiger partial charge in [-0.1, -0.05) is 71.1 Å². The van der Waals surface area contributed by atoms with Crippen molar-refractivity contribution in [2.24, 2.45) is 0 Å². The van der Waals surface area contributed by atoms with E-state index in [1.54, 1.807) is 0 Å². The number of unbranched alkanes of at least 4 members (excludes halogenated alkanes) is 10. The largest absolute Gasteiger partial charge is 0.481 e. The summed E-state index contributed by atoms with van der Waals surface area (Å²) in [5, 5.41) is 48.3. The fourth-order valence-corrected chi connectivity index (χ4v) is 2.21. The molecule has 0 atom stereocenters. The van der Waals surface area contributed by atoms with Crippen LogP contribution in [0.5, 0.6) is 0 Å². The molecule has 0 aromatic heterocycles. The molecule has 0 rings (SSSR count). The minimum Gasteiger partial charge on any atom is -0.481 e. The summed E-state index contributed by atoms with van der Waals surface area (Å²) in [7, 11) is 0. The quantitative estimate of drug-likeness (QED) is 0.187. The van der Waals surface area contributed by atoms with Gasteiger partial charge in [0.1, 0.15) is 6.10 Å². The van der Waals surface area contributed by atoms with Crippen LogP contribution in [0.2, 0.25) is 0 Å². The molecule has 0 saturated carbocycles. The van der Waals surface area contributed by atoms with Crippen molar-refractivity contribution in [3.05, 3.63) is 0 Å². The maximum absolute atomic E-state index is 10.3. The molecule has 0 heterocycles. The van der Waals surface area contributed by atoms with Gasteiger partial charge >= 0.3 is 17.9 Å². The van der Waals surface area contributed by atoms with E-state index in [9.17, 15) is 14.4 Å². The summed E-state index contributed by atoms with van der Waals surface area (Å²) in [4.78, 5) is 29.5. The van der Waals surface area contributed by atoms with Gasteiger partial charge in [-0.3, -0.25) is 14.4 Å². The smallest absolute Gasteiger partial charge is 0.303 e. The maximum atomic E-state index is 10.3. The molecule has 0 bridgehead atoms. The second-order valence-corrected chi connectivity index (χ2v) is 6.99. The summed E-state index contributed by atoms with van der Waals surface area (Å²) in [6.45, 7) is 1.52. The van der Waals surface area contributed by atoms with Gasteiger partial charge in [-0.2, -0.15) is 0 Å². The first-order valence-corrected chi connectivity index (χ1v) is 10.8. The topological polar surface area (TPSA) is 173 Å². The molecule has 180 valence electrons. The molecule has 9 nitrogen and oxygen atoms in total. The van der Waals surface area contributed by atoms with E-state index in [-0.39, 0.29) is 26.1 Å². The number of carboxylic acid groups (broad SMARTS) is 3. The standard InChI is InChI=1S/C14H28O2.C4H6O4.C3H8O3/c1-2-3-4-5-6-7-8-9-10-11-12-13-14(15)16;5-3(6)1-2-4(7)8;4-1-3(6)2-5/h2-13H2,1H3,(H,15,16);1-2H2,(H,5,6)(H,7,8);3-6H,1-2H2. The third kappa shape index (κ3) is 40.8.